The van der Waals surface area contributed by atoms with E-state index in [-0.39, 0.29) is 11.7 Å². The molecule has 1 aliphatic rings. The number of hydrogen-bond donors (Lipinski definition) is 2. The predicted molar refractivity (Wildman–Crippen MR) is 124 cm³/mol. The Morgan fingerprint density at radius 3 is 2.93 bits per heavy atom. The Morgan fingerprint density at radius 1 is 1.30 bits per heavy atom. The van der Waals surface area contributed by atoms with Crippen molar-refractivity contribution in [2.75, 3.05) is 18.5 Å². The topological polar surface area (TPSA) is 70.2 Å². The molecule has 0 bridgehead atoms. The van der Waals surface area contributed by atoms with Gasteiger partial charge in [0.25, 0.3) is 5.56 Å². The fourth-order valence-corrected chi connectivity index (χ4v) is 3.96. The van der Waals surface area contributed by atoms with Gasteiger partial charge < -0.3 is 19.9 Å². The molecule has 0 amide bonds. The molecular formula is C23H26N4O2S. The normalized spacial score (nSPS) is 16.0. The highest BCUT2D eigenvalue weighted by molar-refractivity contribution is 7.80. The lowest BCUT2D eigenvalue weighted by Gasteiger charge is -2.28. The van der Waals surface area contributed by atoms with Crippen LogP contribution in [0.5, 0.6) is 0 Å². The van der Waals surface area contributed by atoms with E-state index in [1.807, 2.05) is 23.1 Å². The van der Waals surface area contributed by atoms with Gasteiger partial charge in [0.05, 0.1) is 23.6 Å². The lowest BCUT2D eigenvalue weighted by molar-refractivity contribution is 0.0900. The third kappa shape index (κ3) is 4.68. The highest BCUT2D eigenvalue weighted by Crippen LogP contribution is 2.19. The van der Waals surface area contributed by atoms with Gasteiger partial charge in [-0.2, -0.15) is 0 Å². The second-order valence-corrected chi connectivity index (χ2v) is 8.18. The number of thiocarbonyl (C=S) groups is 1. The van der Waals surface area contributed by atoms with Crippen LogP contribution in [0.15, 0.2) is 47.3 Å². The highest BCUT2D eigenvalue weighted by atomic mass is 32.1. The number of anilines is 1. The Kier molecular flexibility index (Phi) is 6.11. The SMILES string of the molecule is Cc1ccc(C)c(NC(=S)N(Cc2nc3ccccc3c(=O)[nH]2)C[C@H]2CCCO2)c1. The van der Waals surface area contributed by atoms with Crippen molar-refractivity contribution in [3.8, 4) is 0 Å². The van der Waals surface area contributed by atoms with Gasteiger partial charge in [-0.15, -0.1) is 0 Å². The minimum atomic E-state index is -0.138. The lowest BCUT2D eigenvalue weighted by Crippen LogP contribution is -2.40. The summed E-state index contributed by atoms with van der Waals surface area (Å²) in [5, 5.41) is 4.56. The summed E-state index contributed by atoms with van der Waals surface area (Å²) in [5.41, 5.74) is 3.81. The average Bonchev–Trinajstić information content (AvgIpc) is 3.23. The summed E-state index contributed by atoms with van der Waals surface area (Å²) in [4.78, 5) is 22.1. The number of aryl methyl sites for hydroxylation is 2. The van der Waals surface area contributed by atoms with E-state index in [0.717, 1.165) is 36.3 Å². The van der Waals surface area contributed by atoms with Gasteiger partial charge in [-0.25, -0.2) is 4.98 Å². The largest absolute Gasteiger partial charge is 0.376 e. The van der Waals surface area contributed by atoms with E-state index in [2.05, 4.69) is 47.3 Å². The van der Waals surface area contributed by atoms with Crippen molar-refractivity contribution >= 4 is 33.9 Å². The Hall–Kier alpha value is -2.77. The smallest absolute Gasteiger partial charge is 0.258 e. The Bertz CT molecular complexity index is 1120. The first-order chi connectivity index (χ1) is 14.5. The van der Waals surface area contributed by atoms with Gasteiger partial charge in [-0.3, -0.25) is 4.79 Å². The molecule has 0 aliphatic carbocycles. The zero-order chi connectivity index (χ0) is 21.1. The number of para-hydroxylation sites is 1. The first-order valence-electron chi connectivity index (χ1n) is 10.2. The van der Waals surface area contributed by atoms with Gasteiger partial charge in [0, 0.05) is 18.8 Å². The monoisotopic (exact) mass is 422 g/mol. The number of fused-ring (bicyclic) bond motifs is 1. The van der Waals surface area contributed by atoms with Crippen molar-refractivity contribution in [2.24, 2.45) is 0 Å². The Balaban J connectivity index is 1.60. The van der Waals surface area contributed by atoms with E-state index in [9.17, 15) is 4.79 Å². The van der Waals surface area contributed by atoms with Crippen molar-refractivity contribution in [3.05, 3.63) is 69.8 Å². The molecule has 30 heavy (non-hydrogen) atoms. The van der Waals surface area contributed by atoms with Crippen LogP contribution in [-0.2, 0) is 11.3 Å². The second kappa shape index (κ2) is 8.93. The molecule has 1 saturated heterocycles. The van der Waals surface area contributed by atoms with Gasteiger partial charge in [0.15, 0.2) is 5.11 Å². The molecule has 0 unspecified atom stereocenters. The molecule has 2 heterocycles. The van der Waals surface area contributed by atoms with E-state index in [1.54, 1.807) is 6.07 Å². The number of benzene rings is 2. The van der Waals surface area contributed by atoms with Crippen LogP contribution in [0, 0.1) is 13.8 Å². The Morgan fingerprint density at radius 2 is 2.13 bits per heavy atom. The summed E-state index contributed by atoms with van der Waals surface area (Å²) in [7, 11) is 0. The number of aromatic amines is 1. The number of rotatable bonds is 5. The van der Waals surface area contributed by atoms with Crippen LogP contribution in [0.3, 0.4) is 0 Å². The maximum Gasteiger partial charge on any atom is 0.258 e. The molecule has 1 fully saturated rings. The van der Waals surface area contributed by atoms with Gasteiger partial charge in [-0.05, 0) is 68.2 Å². The summed E-state index contributed by atoms with van der Waals surface area (Å²) >= 11 is 5.76. The zero-order valence-electron chi connectivity index (χ0n) is 17.3. The van der Waals surface area contributed by atoms with Crippen LogP contribution < -0.4 is 10.9 Å². The lowest BCUT2D eigenvalue weighted by atomic mass is 10.1. The molecule has 3 aromatic rings. The number of hydrogen-bond acceptors (Lipinski definition) is 4. The summed E-state index contributed by atoms with van der Waals surface area (Å²) in [6.45, 7) is 5.93. The molecule has 0 radical (unpaired) electrons. The zero-order valence-corrected chi connectivity index (χ0v) is 18.1. The molecule has 4 rings (SSSR count). The van der Waals surface area contributed by atoms with Crippen LogP contribution in [0.1, 0.15) is 29.8 Å². The summed E-state index contributed by atoms with van der Waals surface area (Å²) in [5.74, 6) is 0.585. The molecular weight excluding hydrogens is 396 g/mol. The van der Waals surface area contributed by atoms with Crippen molar-refractivity contribution in [1.29, 1.82) is 0 Å². The maximum atomic E-state index is 12.5. The summed E-state index contributed by atoms with van der Waals surface area (Å²) in [6.07, 6.45) is 2.18. The van der Waals surface area contributed by atoms with Crippen molar-refractivity contribution in [1.82, 2.24) is 14.9 Å². The molecule has 2 aromatic carbocycles. The van der Waals surface area contributed by atoms with E-state index in [0.29, 0.717) is 34.9 Å². The first-order valence-corrected chi connectivity index (χ1v) is 10.6. The molecule has 6 nitrogen and oxygen atoms in total. The average molecular weight is 423 g/mol. The molecule has 1 atom stereocenters. The minimum absolute atomic E-state index is 0.121. The minimum Gasteiger partial charge on any atom is -0.376 e. The molecule has 1 aliphatic heterocycles. The summed E-state index contributed by atoms with van der Waals surface area (Å²) < 4.78 is 5.84. The van der Waals surface area contributed by atoms with E-state index in [4.69, 9.17) is 17.0 Å². The van der Waals surface area contributed by atoms with E-state index >= 15 is 0 Å². The molecule has 2 N–H and O–H groups in total. The van der Waals surface area contributed by atoms with Crippen molar-refractivity contribution in [3.63, 3.8) is 0 Å². The molecule has 0 spiro atoms. The number of H-pyrrole nitrogens is 1. The number of ether oxygens (including phenoxy) is 1. The standard InChI is InChI=1S/C23H26N4O2S/c1-15-9-10-16(2)20(12-15)25-23(30)27(13-17-6-5-11-29-17)14-21-24-19-8-4-3-7-18(19)22(28)26-21/h3-4,7-10,12,17H,5-6,11,13-14H2,1-2H3,(H,25,30)(H,24,26,28)/t17-/m1/s1. The Labute approximate surface area is 181 Å². The van der Waals surface area contributed by atoms with Crippen molar-refractivity contribution < 1.29 is 4.74 Å². The third-order valence-electron chi connectivity index (χ3n) is 5.37. The van der Waals surface area contributed by atoms with E-state index < -0.39 is 0 Å². The van der Waals surface area contributed by atoms with Crippen molar-refractivity contribution in [2.45, 2.75) is 39.3 Å². The fourth-order valence-electron chi connectivity index (χ4n) is 3.71. The van der Waals surface area contributed by atoms with Gasteiger partial charge >= 0.3 is 0 Å². The fraction of sp³-hybridized carbons (Fsp3) is 0.348. The number of nitrogens with one attached hydrogen (secondary N) is 2. The second-order valence-electron chi connectivity index (χ2n) is 7.79. The highest BCUT2D eigenvalue weighted by Gasteiger charge is 2.22. The van der Waals surface area contributed by atoms with Gasteiger partial charge in [-0.1, -0.05) is 24.3 Å². The van der Waals surface area contributed by atoms with Crippen LogP contribution >= 0.6 is 12.2 Å². The van der Waals surface area contributed by atoms with Crippen LogP contribution in [-0.4, -0.2) is 39.2 Å². The van der Waals surface area contributed by atoms with Crippen LogP contribution in [0.25, 0.3) is 10.9 Å². The molecule has 1 aromatic heterocycles. The molecule has 7 heteroatoms. The van der Waals surface area contributed by atoms with E-state index in [1.165, 1.54) is 0 Å². The molecule has 0 saturated carbocycles. The first kappa shape index (κ1) is 20.5. The third-order valence-corrected chi connectivity index (χ3v) is 5.73. The van der Waals surface area contributed by atoms with Crippen LogP contribution in [0.2, 0.25) is 0 Å². The molecule has 156 valence electrons. The number of aromatic nitrogens is 2. The summed E-state index contributed by atoms with van der Waals surface area (Å²) in [6, 6.07) is 13.6. The quantitative estimate of drug-likeness (QED) is 0.608. The van der Waals surface area contributed by atoms with Crippen LogP contribution in [0.4, 0.5) is 5.69 Å². The van der Waals surface area contributed by atoms with Gasteiger partial charge in [0.2, 0.25) is 0 Å². The number of nitrogens with zero attached hydrogens (tertiary/aromatic N) is 2. The maximum absolute atomic E-state index is 12.5. The predicted octanol–water partition coefficient (Wildman–Crippen LogP) is 3.92. The van der Waals surface area contributed by atoms with Gasteiger partial charge in [0.1, 0.15) is 5.82 Å².